The van der Waals surface area contributed by atoms with Gasteiger partial charge >= 0.3 is 5.97 Å². The Balaban J connectivity index is 2.11. The van der Waals surface area contributed by atoms with Crippen molar-refractivity contribution < 1.29 is 9.53 Å². The van der Waals surface area contributed by atoms with Gasteiger partial charge in [-0.25, -0.2) is 4.79 Å². The predicted molar refractivity (Wildman–Crippen MR) is 70.3 cm³/mol. The van der Waals surface area contributed by atoms with E-state index < -0.39 is 0 Å². The zero-order valence-electron chi connectivity index (χ0n) is 10.1. The van der Waals surface area contributed by atoms with E-state index in [1.807, 2.05) is 37.3 Å². The summed E-state index contributed by atoms with van der Waals surface area (Å²) in [5.74, 6) is -0.251. The van der Waals surface area contributed by atoms with Gasteiger partial charge in [0.2, 0.25) is 0 Å². The molecule has 18 heavy (non-hydrogen) atoms. The van der Waals surface area contributed by atoms with Crippen LogP contribution >= 0.6 is 0 Å². The molecule has 89 valence electrons. The van der Waals surface area contributed by atoms with E-state index in [4.69, 9.17) is 4.74 Å². The summed E-state index contributed by atoms with van der Waals surface area (Å²) in [7, 11) is 0. The maximum absolute atomic E-state index is 11.9. The molecule has 1 radical (unpaired) electrons. The van der Waals surface area contributed by atoms with E-state index in [1.54, 1.807) is 0 Å². The fourth-order valence-corrected chi connectivity index (χ4v) is 2.37. The molecule has 0 amide bonds. The topological polar surface area (TPSA) is 26.3 Å². The number of esters is 1. The molecule has 0 bridgehead atoms. The first kappa shape index (κ1) is 11.0. The summed E-state index contributed by atoms with van der Waals surface area (Å²) in [6.45, 7) is 2.22. The molecular formula is C16H13O2. The molecule has 0 unspecified atom stereocenters. The number of carbonyl (C=O) groups excluding carboxylic acids is 1. The minimum absolute atomic E-state index is 0.251. The van der Waals surface area contributed by atoms with Crippen LogP contribution in [0.25, 0.3) is 11.1 Å². The highest BCUT2D eigenvalue weighted by Crippen LogP contribution is 2.39. The van der Waals surface area contributed by atoms with Crippen molar-refractivity contribution in [2.75, 3.05) is 6.61 Å². The fourth-order valence-electron chi connectivity index (χ4n) is 2.37. The Kier molecular flexibility index (Phi) is 2.63. The van der Waals surface area contributed by atoms with Gasteiger partial charge < -0.3 is 4.74 Å². The van der Waals surface area contributed by atoms with E-state index in [0.717, 1.165) is 16.7 Å². The van der Waals surface area contributed by atoms with Gasteiger partial charge in [0.1, 0.15) is 0 Å². The van der Waals surface area contributed by atoms with Crippen LogP contribution in [-0.4, -0.2) is 12.6 Å². The van der Waals surface area contributed by atoms with Crippen molar-refractivity contribution >= 4 is 5.97 Å². The van der Waals surface area contributed by atoms with E-state index in [9.17, 15) is 4.79 Å². The second kappa shape index (κ2) is 4.30. The molecule has 0 fully saturated rings. The van der Waals surface area contributed by atoms with E-state index in [2.05, 4.69) is 18.6 Å². The second-order valence-corrected chi connectivity index (χ2v) is 4.22. The van der Waals surface area contributed by atoms with Gasteiger partial charge in [-0.15, -0.1) is 0 Å². The van der Waals surface area contributed by atoms with Crippen LogP contribution in [0.3, 0.4) is 0 Å². The Bertz CT molecular complexity index is 614. The molecule has 0 spiro atoms. The molecule has 1 aliphatic rings. The Labute approximate surface area is 106 Å². The first-order valence-electron chi connectivity index (χ1n) is 6.05. The summed E-state index contributed by atoms with van der Waals surface area (Å²) >= 11 is 0. The van der Waals surface area contributed by atoms with Gasteiger partial charge in [-0.3, -0.25) is 0 Å². The summed E-state index contributed by atoms with van der Waals surface area (Å²) in [6, 6.07) is 13.9. The molecule has 0 aromatic heterocycles. The summed E-state index contributed by atoms with van der Waals surface area (Å²) < 4.78 is 5.09. The molecule has 2 aromatic carbocycles. The summed E-state index contributed by atoms with van der Waals surface area (Å²) in [5, 5.41) is 0. The molecule has 1 aliphatic carbocycles. The van der Waals surface area contributed by atoms with Crippen LogP contribution in [0.5, 0.6) is 0 Å². The number of hydrogen-bond donors (Lipinski definition) is 0. The lowest BCUT2D eigenvalue weighted by Gasteiger charge is -2.07. The van der Waals surface area contributed by atoms with Gasteiger partial charge in [0.05, 0.1) is 12.2 Å². The van der Waals surface area contributed by atoms with Gasteiger partial charge in [0.15, 0.2) is 0 Å². The number of rotatable bonds is 2. The van der Waals surface area contributed by atoms with Crippen molar-refractivity contribution in [2.45, 2.75) is 6.92 Å². The van der Waals surface area contributed by atoms with E-state index in [0.29, 0.717) is 12.2 Å². The molecule has 2 nitrogen and oxygen atoms in total. The third kappa shape index (κ3) is 1.61. The van der Waals surface area contributed by atoms with Crippen molar-refractivity contribution in [3.63, 3.8) is 0 Å². The third-order valence-corrected chi connectivity index (χ3v) is 3.15. The molecule has 0 aliphatic heterocycles. The highest BCUT2D eigenvalue weighted by Gasteiger charge is 2.23. The number of hydrogen-bond acceptors (Lipinski definition) is 2. The van der Waals surface area contributed by atoms with Gasteiger partial charge in [-0.05, 0) is 35.2 Å². The van der Waals surface area contributed by atoms with Crippen molar-refractivity contribution in [2.24, 2.45) is 0 Å². The Morgan fingerprint density at radius 1 is 1.06 bits per heavy atom. The van der Waals surface area contributed by atoms with Gasteiger partial charge in [0, 0.05) is 6.42 Å². The average Bonchev–Trinajstić information content (AvgIpc) is 2.77. The molecule has 3 rings (SSSR count). The minimum Gasteiger partial charge on any atom is -0.462 e. The second-order valence-electron chi connectivity index (χ2n) is 4.22. The first-order valence-corrected chi connectivity index (χ1v) is 6.05. The molecule has 0 saturated carbocycles. The van der Waals surface area contributed by atoms with Gasteiger partial charge in [-0.2, -0.15) is 0 Å². The van der Waals surface area contributed by atoms with Crippen LogP contribution in [0.15, 0.2) is 42.5 Å². The highest BCUT2D eigenvalue weighted by atomic mass is 16.5. The SMILES string of the molecule is CCOC(=O)c1cccc2c1[CH]c1ccccc1-2. The zero-order valence-corrected chi connectivity index (χ0v) is 10.1. The molecule has 0 saturated heterocycles. The largest absolute Gasteiger partial charge is 0.462 e. The number of carbonyl (C=O) groups is 1. The molecule has 2 heteroatoms. The molecule has 0 atom stereocenters. The summed E-state index contributed by atoms with van der Waals surface area (Å²) in [6.07, 6.45) is 2.05. The van der Waals surface area contributed by atoms with E-state index >= 15 is 0 Å². The molecule has 0 N–H and O–H groups in total. The van der Waals surface area contributed by atoms with E-state index in [-0.39, 0.29) is 5.97 Å². The lowest BCUT2D eigenvalue weighted by Crippen LogP contribution is -2.07. The van der Waals surface area contributed by atoms with Crippen molar-refractivity contribution in [1.82, 2.24) is 0 Å². The third-order valence-electron chi connectivity index (χ3n) is 3.15. The Morgan fingerprint density at radius 2 is 1.83 bits per heavy atom. The summed E-state index contributed by atoms with van der Waals surface area (Å²) in [5.41, 5.74) is 5.06. The number of benzene rings is 2. The van der Waals surface area contributed by atoms with E-state index in [1.165, 1.54) is 5.56 Å². The maximum Gasteiger partial charge on any atom is 0.338 e. The van der Waals surface area contributed by atoms with Crippen LogP contribution in [0.4, 0.5) is 0 Å². The highest BCUT2D eigenvalue weighted by molar-refractivity contribution is 5.97. The molecule has 2 aromatic rings. The minimum atomic E-state index is -0.251. The lowest BCUT2D eigenvalue weighted by atomic mass is 10.0. The van der Waals surface area contributed by atoms with Crippen molar-refractivity contribution in [3.05, 3.63) is 65.6 Å². The average molecular weight is 237 g/mol. The van der Waals surface area contributed by atoms with Crippen molar-refractivity contribution in [1.29, 1.82) is 0 Å². The fraction of sp³-hybridized carbons (Fsp3) is 0.125. The van der Waals surface area contributed by atoms with Gasteiger partial charge in [-0.1, -0.05) is 36.4 Å². The van der Waals surface area contributed by atoms with Crippen LogP contribution in [0.2, 0.25) is 0 Å². The molecule has 0 heterocycles. The molecular weight excluding hydrogens is 224 g/mol. The standard InChI is InChI=1S/C16H13O2/c1-2-18-16(17)14-9-5-8-13-12-7-4-3-6-11(12)10-15(13)14/h3-10H,2H2,1H3. The lowest BCUT2D eigenvalue weighted by molar-refractivity contribution is 0.0526. The number of fused-ring (bicyclic) bond motifs is 3. The quantitative estimate of drug-likeness (QED) is 0.638. The summed E-state index contributed by atoms with van der Waals surface area (Å²) in [4.78, 5) is 11.9. The van der Waals surface area contributed by atoms with Gasteiger partial charge in [0.25, 0.3) is 0 Å². The monoisotopic (exact) mass is 237 g/mol. The normalized spacial score (nSPS) is 11.8. The first-order chi connectivity index (χ1) is 8.81. The Morgan fingerprint density at radius 3 is 2.67 bits per heavy atom. The Hall–Kier alpha value is -2.09. The smallest absolute Gasteiger partial charge is 0.338 e. The van der Waals surface area contributed by atoms with Crippen LogP contribution in [0.1, 0.15) is 28.4 Å². The number of ether oxygens (including phenoxy) is 1. The zero-order chi connectivity index (χ0) is 12.5. The predicted octanol–water partition coefficient (Wildman–Crippen LogP) is 3.44. The van der Waals surface area contributed by atoms with Crippen LogP contribution in [0, 0.1) is 6.42 Å². The maximum atomic E-state index is 11.9. The van der Waals surface area contributed by atoms with Crippen LogP contribution < -0.4 is 0 Å². The van der Waals surface area contributed by atoms with Crippen LogP contribution in [-0.2, 0) is 4.74 Å². The van der Waals surface area contributed by atoms with Crippen molar-refractivity contribution in [3.8, 4) is 11.1 Å².